The minimum Gasteiger partial charge on any atom is -0.465 e. The van der Waals surface area contributed by atoms with E-state index in [1.54, 1.807) is 17.9 Å². The van der Waals surface area contributed by atoms with Crippen LogP contribution in [0.5, 0.6) is 0 Å². The summed E-state index contributed by atoms with van der Waals surface area (Å²) in [5.74, 6) is 0.0190. The van der Waals surface area contributed by atoms with Crippen molar-refractivity contribution in [1.82, 2.24) is 4.98 Å². The highest BCUT2D eigenvalue weighted by Crippen LogP contribution is 2.40. The molecule has 8 heteroatoms. The summed E-state index contributed by atoms with van der Waals surface area (Å²) >= 11 is 0. The van der Waals surface area contributed by atoms with Crippen LogP contribution in [0, 0.1) is 17.0 Å². The minimum absolute atomic E-state index is 0.101. The van der Waals surface area contributed by atoms with Crippen LogP contribution in [0.4, 0.5) is 22.9 Å². The van der Waals surface area contributed by atoms with Crippen molar-refractivity contribution in [3.8, 4) is 0 Å². The van der Waals surface area contributed by atoms with E-state index in [4.69, 9.17) is 4.74 Å². The number of nitro groups is 1. The Balaban J connectivity index is 2.70. The minimum atomic E-state index is -0.470. The number of hydrogen-bond acceptors (Lipinski definition) is 7. The summed E-state index contributed by atoms with van der Waals surface area (Å²) in [5, 5.41) is 12.3. The number of ether oxygens (including phenoxy) is 1. The van der Waals surface area contributed by atoms with Crippen molar-refractivity contribution >= 4 is 28.8 Å². The summed E-state index contributed by atoms with van der Waals surface area (Å²) in [6, 6.07) is 9.44. The normalized spacial score (nSPS) is 10.9. The standard InChI is InChI=1S/C25H36N4O4/c1-7-10-15-27(8-2)22-16-19(6)26-25(24(22)29(31)32)28(17-23(30)33-9-3)21-13-11-20(12-14-21)18(4)5/h11-14,16,18H,7-10,15,17H2,1-6H3. The Morgan fingerprint density at radius 3 is 2.36 bits per heavy atom. The summed E-state index contributed by atoms with van der Waals surface area (Å²) in [4.78, 5) is 32.6. The van der Waals surface area contributed by atoms with Gasteiger partial charge in [-0.15, -0.1) is 0 Å². The van der Waals surface area contributed by atoms with E-state index in [0.717, 1.165) is 18.4 Å². The zero-order valence-electron chi connectivity index (χ0n) is 20.6. The van der Waals surface area contributed by atoms with Gasteiger partial charge in [0.1, 0.15) is 12.2 Å². The Kier molecular flexibility index (Phi) is 9.63. The van der Waals surface area contributed by atoms with E-state index in [9.17, 15) is 14.9 Å². The monoisotopic (exact) mass is 456 g/mol. The molecule has 0 unspecified atom stereocenters. The molecule has 0 aliphatic heterocycles. The molecule has 180 valence electrons. The van der Waals surface area contributed by atoms with Gasteiger partial charge in [0.05, 0.1) is 11.5 Å². The smallest absolute Gasteiger partial charge is 0.335 e. The number of anilines is 3. The second-order valence-corrected chi connectivity index (χ2v) is 8.28. The fraction of sp³-hybridized carbons (Fsp3) is 0.520. The number of carbonyl (C=O) groups is 1. The maximum Gasteiger partial charge on any atom is 0.335 e. The van der Waals surface area contributed by atoms with E-state index in [-0.39, 0.29) is 24.7 Å². The molecule has 0 spiro atoms. The zero-order chi connectivity index (χ0) is 24.5. The zero-order valence-corrected chi connectivity index (χ0v) is 20.6. The van der Waals surface area contributed by atoms with Gasteiger partial charge < -0.3 is 14.5 Å². The third-order valence-electron chi connectivity index (χ3n) is 5.49. The van der Waals surface area contributed by atoms with Gasteiger partial charge in [-0.3, -0.25) is 14.9 Å². The number of benzene rings is 1. The van der Waals surface area contributed by atoms with Crippen molar-refractivity contribution in [2.45, 2.75) is 60.3 Å². The molecule has 0 N–H and O–H groups in total. The number of aromatic nitrogens is 1. The summed E-state index contributed by atoms with van der Waals surface area (Å²) in [6.45, 7) is 13.2. The average molecular weight is 457 g/mol. The van der Waals surface area contributed by atoms with Crippen molar-refractivity contribution in [3.63, 3.8) is 0 Å². The van der Waals surface area contributed by atoms with Gasteiger partial charge in [0.15, 0.2) is 0 Å². The van der Waals surface area contributed by atoms with Crippen LogP contribution in [0.1, 0.15) is 64.6 Å². The number of esters is 1. The van der Waals surface area contributed by atoms with E-state index in [1.165, 1.54) is 0 Å². The van der Waals surface area contributed by atoms with Crippen molar-refractivity contribution < 1.29 is 14.5 Å². The first-order valence-electron chi connectivity index (χ1n) is 11.7. The largest absolute Gasteiger partial charge is 0.465 e. The number of pyridine rings is 1. The molecule has 0 atom stereocenters. The second-order valence-electron chi connectivity index (χ2n) is 8.28. The third kappa shape index (κ3) is 6.66. The molecule has 0 amide bonds. The molecule has 33 heavy (non-hydrogen) atoms. The molecule has 0 bridgehead atoms. The van der Waals surface area contributed by atoms with Crippen LogP contribution >= 0.6 is 0 Å². The highest BCUT2D eigenvalue weighted by Gasteiger charge is 2.31. The van der Waals surface area contributed by atoms with Gasteiger partial charge in [0.25, 0.3) is 0 Å². The molecule has 0 aliphatic carbocycles. The molecule has 0 saturated heterocycles. The van der Waals surface area contributed by atoms with Crippen LogP contribution in [0.3, 0.4) is 0 Å². The quantitative estimate of drug-likeness (QED) is 0.228. The Morgan fingerprint density at radius 1 is 1.18 bits per heavy atom. The second kappa shape index (κ2) is 12.2. The fourth-order valence-electron chi connectivity index (χ4n) is 3.70. The molecule has 0 radical (unpaired) electrons. The predicted octanol–water partition coefficient (Wildman–Crippen LogP) is 5.75. The van der Waals surface area contributed by atoms with Gasteiger partial charge in [-0.05, 0) is 56.9 Å². The summed E-state index contributed by atoms with van der Waals surface area (Å²) < 4.78 is 5.17. The van der Waals surface area contributed by atoms with Crippen LogP contribution in [0.15, 0.2) is 30.3 Å². The van der Waals surface area contributed by atoms with Crippen molar-refractivity contribution in [3.05, 3.63) is 51.7 Å². The van der Waals surface area contributed by atoms with Crippen molar-refractivity contribution in [2.75, 3.05) is 36.0 Å². The van der Waals surface area contributed by atoms with Crippen LogP contribution in [0.25, 0.3) is 0 Å². The van der Waals surface area contributed by atoms with E-state index >= 15 is 0 Å². The first kappa shape index (κ1) is 26.1. The van der Waals surface area contributed by atoms with Gasteiger partial charge in [0.2, 0.25) is 5.82 Å². The van der Waals surface area contributed by atoms with E-state index in [0.29, 0.717) is 36.1 Å². The maximum atomic E-state index is 12.5. The third-order valence-corrected chi connectivity index (χ3v) is 5.49. The van der Waals surface area contributed by atoms with Crippen LogP contribution in [-0.2, 0) is 9.53 Å². The number of hydrogen-bond donors (Lipinski definition) is 0. The van der Waals surface area contributed by atoms with Gasteiger partial charge in [-0.1, -0.05) is 39.3 Å². The first-order valence-corrected chi connectivity index (χ1v) is 11.7. The van der Waals surface area contributed by atoms with Crippen LogP contribution in [-0.4, -0.2) is 42.1 Å². The first-order chi connectivity index (χ1) is 15.7. The number of nitrogens with zero attached hydrogens (tertiary/aromatic N) is 4. The average Bonchev–Trinajstić information content (AvgIpc) is 2.77. The molecule has 2 aromatic rings. The molecular weight excluding hydrogens is 420 g/mol. The lowest BCUT2D eigenvalue weighted by atomic mass is 10.0. The highest BCUT2D eigenvalue weighted by atomic mass is 16.6. The Morgan fingerprint density at radius 2 is 1.85 bits per heavy atom. The van der Waals surface area contributed by atoms with Crippen molar-refractivity contribution in [2.24, 2.45) is 0 Å². The lowest BCUT2D eigenvalue weighted by Crippen LogP contribution is -2.30. The number of rotatable bonds is 12. The number of unbranched alkanes of at least 4 members (excludes halogenated alkanes) is 1. The van der Waals surface area contributed by atoms with Crippen molar-refractivity contribution in [1.29, 1.82) is 0 Å². The Labute approximate surface area is 196 Å². The molecule has 0 fully saturated rings. The molecule has 2 rings (SSSR count). The number of carbonyl (C=O) groups excluding carboxylic acids is 1. The Hall–Kier alpha value is -3.16. The van der Waals surface area contributed by atoms with Gasteiger partial charge in [0, 0.05) is 24.5 Å². The lowest BCUT2D eigenvalue weighted by molar-refractivity contribution is -0.383. The summed E-state index contributed by atoms with van der Waals surface area (Å²) in [6.07, 6.45) is 1.91. The van der Waals surface area contributed by atoms with Gasteiger partial charge >= 0.3 is 11.7 Å². The van der Waals surface area contributed by atoms with Gasteiger partial charge in [-0.2, -0.15) is 0 Å². The molecule has 1 aromatic heterocycles. The van der Waals surface area contributed by atoms with Crippen LogP contribution in [0.2, 0.25) is 0 Å². The molecule has 8 nitrogen and oxygen atoms in total. The molecule has 1 heterocycles. The molecule has 1 aromatic carbocycles. The SMILES string of the molecule is CCCCN(CC)c1cc(C)nc(N(CC(=O)OCC)c2ccc(C(C)C)cc2)c1[N+](=O)[O-]. The molecular formula is C25H36N4O4. The lowest BCUT2D eigenvalue weighted by Gasteiger charge is -2.27. The highest BCUT2D eigenvalue weighted by molar-refractivity contribution is 5.85. The van der Waals surface area contributed by atoms with E-state index in [1.807, 2.05) is 43.0 Å². The molecule has 0 aliphatic rings. The Bertz CT molecular complexity index is 944. The summed E-state index contributed by atoms with van der Waals surface area (Å²) in [7, 11) is 0. The topological polar surface area (TPSA) is 88.8 Å². The van der Waals surface area contributed by atoms with Gasteiger partial charge in [-0.25, -0.2) is 4.98 Å². The predicted molar refractivity (Wildman–Crippen MR) is 133 cm³/mol. The molecule has 0 saturated carbocycles. The fourth-order valence-corrected chi connectivity index (χ4v) is 3.70. The summed E-state index contributed by atoms with van der Waals surface area (Å²) in [5.41, 5.74) is 2.85. The van der Waals surface area contributed by atoms with Crippen LogP contribution < -0.4 is 9.80 Å². The van der Waals surface area contributed by atoms with E-state index in [2.05, 4.69) is 25.8 Å². The van der Waals surface area contributed by atoms with E-state index < -0.39 is 10.9 Å². The number of aryl methyl sites for hydroxylation is 1. The maximum absolute atomic E-state index is 12.5.